The molecule has 0 aromatic carbocycles. The number of aliphatic hydroxyl groups excluding tert-OH is 1. The van der Waals surface area contributed by atoms with E-state index in [-0.39, 0.29) is 0 Å². The van der Waals surface area contributed by atoms with E-state index in [1.165, 1.54) is 108 Å². The maximum absolute atomic E-state index is 10.2. The van der Waals surface area contributed by atoms with E-state index in [1.54, 1.807) is 18.2 Å². The Bertz CT molecular complexity index is 928. The number of carbonyl (C=O) groups is 2. The van der Waals surface area contributed by atoms with Gasteiger partial charge in [0.1, 0.15) is 0 Å². The Balaban J connectivity index is 0. The van der Waals surface area contributed by atoms with Crippen molar-refractivity contribution in [3.63, 3.8) is 0 Å². The van der Waals surface area contributed by atoms with Crippen molar-refractivity contribution in [1.82, 2.24) is 0 Å². The van der Waals surface area contributed by atoms with Gasteiger partial charge in [-0.1, -0.05) is 188 Å². The molecule has 0 unspecified atom stereocenters. The summed E-state index contributed by atoms with van der Waals surface area (Å²) in [5, 5.41) is 25.4. The monoisotopic (exact) mass is 622 g/mol. The van der Waals surface area contributed by atoms with Crippen molar-refractivity contribution in [2.45, 2.75) is 122 Å². The minimum absolute atomic E-state index is 0.334. The number of aliphatic hydroxyl groups is 1. The molecule has 0 saturated heterocycles. The second-order valence-electron chi connectivity index (χ2n) is 10.8. The van der Waals surface area contributed by atoms with Crippen LogP contribution in [-0.2, 0) is 9.59 Å². The molecule has 0 aliphatic rings. The molecule has 0 aliphatic carbocycles. The van der Waals surface area contributed by atoms with E-state index in [9.17, 15) is 9.59 Å². The molecule has 5 nitrogen and oxygen atoms in total. The summed E-state index contributed by atoms with van der Waals surface area (Å²) in [6.07, 6.45) is 55.2. The summed E-state index contributed by atoms with van der Waals surface area (Å²) in [5.41, 5.74) is 0. The number of carboxylic acid groups (broad SMARTS) is 2. The van der Waals surface area contributed by atoms with Crippen molar-refractivity contribution in [3.8, 4) is 0 Å². The molecular weight excluding hydrogens is 560 g/mol. The van der Waals surface area contributed by atoms with Crippen LogP contribution in [0.3, 0.4) is 0 Å². The van der Waals surface area contributed by atoms with Crippen molar-refractivity contribution in [1.29, 1.82) is 0 Å². The standard InChI is InChI=1S/C20H32O3.C20H30O2/c21-19-17-15-13-11-9-7-5-3-1-2-4-6-8-10-12-14-16-18-20(22)23;1-2-3-4-5-6-7-8-9-10-11-12-13-14-15-16-17-18-19-20(21)22/h4,6,8,10,12,14,16,18,21H,1-3,5,7,9,11,13,15,17,19H2,(H,22,23);10-19H,2-9H2,1H3,(H,21,22). The summed E-state index contributed by atoms with van der Waals surface area (Å²) in [4.78, 5) is 20.4. The van der Waals surface area contributed by atoms with Crippen molar-refractivity contribution in [2.24, 2.45) is 0 Å². The number of aliphatic carboxylic acids is 2. The lowest BCUT2D eigenvalue weighted by Crippen LogP contribution is -1.84. The predicted molar refractivity (Wildman–Crippen MR) is 193 cm³/mol. The highest BCUT2D eigenvalue weighted by atomic mass is 16.4. The Morgan fingerprint density at radius 2 is 0.689 bits per heavy atom. The van der Waals surface area contributed by atoms with Crippen molar-refractivity contribution < 1.29 is 24.9 Å². The molecule has 0 spiro atoms. The summed E-state index contributed by atoms with van der Waals surface area (Å²) in [6, 6.07) is 0. The van der Waals surface area contributed by atoms with Gasteiger partial charge in [0.2, 0.25) is 0 Å². The van der Waals surface area contributed by atoms with Gasteiger partial charge in [0.25, 0.3) is 0 Å². The van der Waals surface area contributed by atoms with E-state index in [2.05, 4.69) is 25.2 Å². The molecule has 0 aromatic rings. The summed E-state index contributed by atoms with van der Waals surface area (Å²) in [7, 11) is 0. The minimum Gasteiger partial charge on any atom is -0.478 e. The van der Waals surface area contributed by atoms with Gasteiger partial charge in [-0.25, -0.2) is 9.59 Å². The van der Waals surface area contributed by atoms with Gasteiger partial charge in [-0.2, -0.15) is 0 Å². The molecule has 45 heavy (non-hydrogen) atoms. The number of unbranched alkanes of at least 4 members (excludes halogenated alkanes) is 16. The SMILES string of the molecule is CCCCCCCCCC=CC=CC=CC=CC=CC(=O)O.O=C(O)C=CC=CC=CC=CCCCCCCCCCCCO. The van der Waals surface area contributed by atoms with Crippen molar-refractivity contribution in [3.05, 3.63) is 109 Å². The minimum atomic E-state index is -0.931. The lowest BCUT2D eigenvalue weighted by Gasteiger charge is -2.00. The zero-order chi connectivity index (χ0) is 33.3. The molecule has 0 saturated carbocycles. The fourth-order valence-corrected chi connectivity index (χ4v) is 4.10. The first kappa shape index (κ1) is 43.7. The van der Waals surface area contributed by atoms with Crippen LogP contribution >= 0.6 is 0 Å². The van der Waals surface area contributed by atoms with E-state index in [1.807, 2.05) is 48.6 Å². The zero-order valence-electron chi connectivity index (χ0n) is 28.0. The van der Waals surface area contributed by atoms with Gasteiger partial charge in [-0.3, -0.25) is 0 Å². The number of carboxylic acids is 2. The summed E-state index contributed by atoms with van der Waals surface area (Å²) < 4.78 is 0. The Kier molecular flexibility index (Phi) is 39.4. The number of hydrogen-bond donors (Lipinski definition) is 3. The van der Waals surface area contributed by atoms with E-state index in [4.69, 9.17) is 15.3 Å². The van der Waals surface area contributed by atoms with Crippen LogP contribution in [-0.4, -0.2) is 33.9 Å². The van der Waals surface area contributed by atoms with Gasteiger partial charge in [-0.05, 0) is 32.1 Å². The van der Waals surface area contributed by atoms with Gasteiger partial charge in [0.15, 0.2) is 0 Å². The van der Waals surface area contributed by atoms with Crippen LogP contribution in [0, 0.1) is 0 Å². The third kappa shape index (κ3) is 47.7. The summed E-state index contributed by atoms with van der Waals surface area (Å²) in [6.45, 7) is 2.58. The molecule has 3 N–H and O–H groups in total. The summed E-state index contributed by atoms with van der Waals surface area (Å²) >= 11 is 0. The average molecular weight is 623 g/mol. The third-order valence-corrected chi connectivity index (χ3v) is 6.59. The van der Waals surface area contributed by atoms with Crippen LogP contribution in [0.5, 0.6) is 0 Å². The van der Waals surface area contributed by atoms with E-state index in [0.29, 0.717) is 6.61 Å². The molecule has 0 radical (unpaired) electrons. The maximum Gasteiger partial charge on any atom is 0.328 e. The molecule has 0 atom stereocenters. The molecular formula is C40H62O5. The summed E-state index contributed by atoms with van der Waals surface area (Å²) in [5.74, 6) is -1.86. The Morgan fingerprint density at radius 1 is 0.400 bits per heavy atom. The quantitative estimate of drug-likeness (QED) is 0.0458. The van der Waals surface area contributed by atoms with Gasteiger partial charge in [-0.15, -0.1) is 0 Å². The molecule has 0 bridgehead atoms. The first-order valence-electron chi connectivity index (χ1n) is 17.1. The molecule has 5 heteroatoms. The fraction of sp³-hybridized carbons (Fsp3) is 0.500. The highest BCUT2D eigenvalue weighted by Gasteiger charge is 1.92. The van der Waals surface area contributed by atoms with E-state index >= 15 is 0 Å². The van der Waals surface area contributed by atoms with E-state index in [0.717, 1.165) is 31.4 Å². The highest BCUT2D eigenvalue weighted by molar-refractivity contribution is 5.80. The second kappa shape index (κ2) is 40.6. The first-order chi connectivity index (χ1) is 22.0. The van der Waals surface area contributed by atoms with Crippen LogP contribution in [0.4, 0.5) is 0 Å². The van der Waals surface area contributed by atoms with Gasteiger partial charge < -0.3 is 15.3 Å². The maximum atomic E-state index is 10.2. The van der Waals surface area contributed by atoms with Crippen LogP contribution in [0.25, 0.3) is 0 Å². The zero-order valence-corrected chi connectivity index (χ0v) is 28.0. The van der Waals surface area contributed by atoms with E-state index < -0.39 is 11.9 Å². The van der Waals surface area contributed by atoms with Crippen molar-refractivity contribution in [2.75, 3.05) is 6.61 Å². The molecule has 252 valence electrons. The fourth-order valence-electron chi connectivity index (χ4n) is 4.10. The predicted octanol–water partition coefficient (Wildman–Crippen LogP) is 11.2. The number of hydrogen-bond acceptors (Lipinski definition) is 3. The molecule has 0 fully saturated rings. The topological polar surface area (TPSA) is 94.8 Å². The number of rotatable bonds is 28. The average Bonchev–Trinajstić information content (AvgIpc) is 3.02. The van der Waals surface area contributed by atoms with Crippen LogP contribution in [0.2, 0.25) is 0 Å². The van der Waals surface area contributed by atoms with Gasteiger partial charge in [0.05, 0.1) is 0 Å². The molecule has 0 aliphatic heterocycles. The Labute approximate surface area is 274 Å². The largest absolute Gasteiger partial charge is 0.478 e. The van der Waals surface area contributed by atoms with Gasteiger partial charge >= 0.3 is 11.9 Å². The van der Waals surface area contributed by atoms with Crippen LogP contribution in [0.1, 0.15) is 122 Å². The Hall–Kier alpha value is -3.44. The smallest absolute Gasteiger partial charge is 0.328 e. The van der Waals surface area contributed by atoms with Crippen LogP contribution < -0.4 is 0 Å². The first-order valence-corrected chi connectivity index (χ1v) is 17.1. The third-order valence-electron chi connectivity index (χ3n) is 6.59. The Morgan fingerprint density at radius 3 is 1.02 bits per heavy atom. The normalized spacial score (nSPS) is 12.6. The molecule has 0 aromatic heterocycles. The molecule has 0 rings (SSSR count). The van der Waals surface area contributed by atoms with Crippen molar-refractivity contribution >= 4 is 11.9 Å². The molecule has 0 heterocycles. The highest BCUT2D eigenvalue weighted by Crippen LogP contribution is 2.11. The number of allylic oxidation sites excluding steroid dienone is 16. The van der Waals surface area contributed by atoms with Gasteiger partial charge in [0, 0.05) is 18.8 Å². The second-order valence-corrected chi connectivity index (χ2v) is 10.8. The molecule has 0 amide bonds. The lowest BCUT2D eigenvalue weighted by atomic mass is 10.1. The lowest BCUT2D eigenvalue weighted by molar-refractivity contribution is -0.132. The van der Waals surface area contributed by atoms with Crippen LogP contribution in [0.15, 0.2) is 109 Å².